The summed E-state index contributed by atoms with van der Waals surface area (Å²) < 4.78 is 2.71. The molecule has 2 aromatic heterocycles. The van der Waals surface area contributed by atoms with Gasteiger partial charge in [-0.15, -0.1) is 11.3 Å². The Balaban J connectivity index is 2.48. The highest BCUT2D eigenvalue weighted by atomic mass is 32.1. The summed E-state index contributed by atoms with van der Waals surface area (Å²) >= 11 is 6.94. The number of aromatic amines is 1. The summed E-state index contributed by atoms with van der Waals surface area (Å²) in [5.41, 5.74) is 0. The highest BCUT2D eigenvalue weighted by Gasteiger charge is 2.09. The molecule has 0 radical (unpaired) electrons. The summed E-state index contributed by atoms with van der Waals surface area (Å²) in [4.78, 5) is 2.56. The van der Waals surface area contributed by atoms with Crippen molar-refractivity contribution in [3.63, 3.8) is 0 Å². The van der Waals surface area contributed by atoms with Gasteiger partial charge in [-0.1, -0.05) is 6.92 Å². The number of hydrogen-bond donors (Lipinski definition) is 1. The third-order valence-electron chi connectivity index (χ3n) is 2.30. The van der Waals surface area contributed by atoms with Crippen LogP contribution in [-0.4, -0.2) is 14.8 Å². The van der Waals surface area contributed by atoms with Crippen molar-refractivity contribution in [3.05, 3.63) is 21.8 Å². The average molecular weight is 239 g/mol. The molecule has 0 atom stereocenters. The minimum absolute atomic E-state index is 0.693. The van der Waals surface area contributed by atoms with Crippen molar-refractivity contribution in [2.75, 3.05) is 0 Å². The summed E-state index contributed by atoms with van der Waals surface area (Å²) in [5.74, 6) is 0.951. The standard InChI is InChI=1S/C10H13N3S2/c1-3-7-5-6-8(15-7)9-11-12-10(14)13(9)4-2/h5-6H,3-4H2,1-2H3,(H,12,14). The first-order chi connectivity index (χ1) is 7.26. The number of hydrogen-bond acceptors (Lipinski definition) is 3. The largest absolute Gasteiger partial charge is 0.300 e. The fraction of sp³-hybridized carbons (Fsp3) is 0.400. The van der Waals surface area contributed by atoms with Crippen LogP contribution < -0.4 is 0 Å². The molecular formula is C10H13N3S2. The molecule has 0 fully saturated rings. The summed E-state index contributed by atoms with van der Waals surface area (Å²) in [6.45, 7) is 5.08. The summed E-state index contributed by atoms with van der Waals surface area (Å²) in [6.07, 6.45) is 1.07. The van der Waals surface area contributed by atoms with E-state index in [0.29, 0.717) is 4.77 Å². The normalized spacial score (nSPS) is 10.8. The third kappa shape index (κ3) is 1.89. The number of aryl methyl sites for hydroxylation is 1. The molecule has 15 heavy (non-hydrogen) atoms. The summed E-state index contributed by atoms with van der Waals surface area (Å²) in [6, 6.07) is 4.26. The second-order valence-electron chi connectivity index (χ2n) is 3.22. The van der Waals surface area contributed by atoms with Crippen molar-refractivity contribution < 1.29 is 0 Å². The quantitative estimate of drug-likeness (QED) is 0.834. The molecule has 1 N–H and O–H groups in total. The van der Waals surface area contributed by atoms with Crippen molar-refractivity contribution in [2.45, 2.75) is 26.8 Å². The maximum absolute atomic E-state index is 5.16. The SMILES string of the molecule is CCc1ccc(-c2n[nH]c(=S)n2CC)s1. The lowest BCUT2D eigenvalue weighted by atomic mass is 10.3. The Bertz CT molecular complexity index is 507. The van der Waals surface area contributed by atoms with Gasteiger partial charge in [-0.2, -0.15) is 5.10 Å². The zero-order valence-corrected chi connectivity index (χ0v) is 10.4. The number of nitrogens with zero attached hydrogens (tertiary/aromatic N) is 2. The van der Waals surface area contributed by atoms with E-state index < -0.39 is 0 Å². The molecule has 0 unspecified atom stereocenters. The van der Waals surface area contributed by atoms with Crippen LogP contribution in [-0.2, 0) is 13.0 Å². The molecule has 2 rings (SSSR count). The summed E-state index contributed by atoms with van der Waals surface area (Å²) in [5, 5.41) is 7.10. The second-order valence-corrected chi connectivity index (χ2v) is 4.77. The Hall–Kier alpha value is -0.940. The molecule has 2 aromatic rings. The first-order valence-corrected chi connectivity index (χ1v) is 6.23. The van der Waals surface area contributed by atoms with Gasteiger partial charge in [0.05, 0.1) is 4.88 Å². The first-order valence-electron chi connectivity index (χ1n) is 5.00. The molecule has 0 aliphatic heterocycles. The number of aromatic nitrogens is 3. The first kappa shape index (κ1) is 10.6. The molecule has 2 heterocycles. The van der Waals surface area contributed by atoms with Crippen molar-refractivity contribution in [3.8, 4) is 10.7 Å². The van der Waals surface area contributed by atoms with Crippen LogP contribution in [0.4, 0.5) is 0 Å². The third-order valence-corrected chi connectivity index (χ3v) is 3.84. The highest BCUT2D eigenvalue weighted by Crippen LogP contribution is 2.26. The van der Waals surface area contributed by atoms with E-state index in [-0.39, 0.29) is 0 Å². The molecule has 5 heteroatoms. The molecule has 0 aliphatic carbocycles. The minimum Gasteiger partial charge on any atom is -0.300 e. The van der Waals surface area contributed by atoms with Crippen molar-refractivity contribution in [1.82, 2.24) is 14.8 Å². The van der Waals surface area contributed by atoms with Gasteiger partial charge in [0.25, 0.3) is 0 Å². The van der Waals surface area contributed by atoms with Gasteiger partial charge >= 0.3 is 0 Å². The van der Waals surface area contributed by atoms with E-state index in [1.807, 2.05) is 4.57 Å². The highest BCUT2D eigenvalue weighted by molar-refractivity contribution is 7.71. The Morgan fingerprint density at radius 2 is 2.27 bits per heavy atom. The molecule has 0 saturated carbocycles. The van der Waals surface area contributed by atoms with Crippen molar-refractivity contribution in [1.29, 1.82) is 0 Å². The molecule has 0 amide bonds. The zero-order chi connectivity index (χ0) is 10.8. The van der Waals surface area contributed by atoms with Crippen molar-refractivity contribution in [2.24, 2.45) is 0 Å². The van der Waals surface area contributed by atoms with E-state index in [9.17, 15) is 0 Å². The van der Waals surface area contributed by atoms with Gasteiger partial charge < -0.3 is 0 Å². The van der Waals surface area contributed by atoms with Gasteiger partial charge in [0.15, 0.2) is 10.6 Å². The van der Waals surface area contributed by atoms with Gasteiger partial charge in [-0.05, 0) is 37.7 Å². The number of thiophene rings is 1. The molecule has 0 aromatic carbocycles. The predicted octanol–water partition coefficient (Wildman–Crippen LogP) is 3.25. The van der Waals surface area contributed by atoms with Crippen LogP contribution in [0.15, 0.2) is 12.1 Å². The lowest BCUT2D eigenvalue weighted by Crippen LogP contribution is -1.95. The fourth-order valence-electron chi connectivity index (χ4n) is 1.49. The molecule has 0 bridgehead atoms. The van der Waals surface area contributed by atoms with Gasteiger partial charge in [0, 0.05) is 11.4 Å². The van der Waals surface area contributed by atoms with E-state index in [1.165, 1.54) is 9.75 Å². The fourth-order valence-corrected chi connectivity index (χ4v) is 2.69. The van der Waals surface area contributed by atoms with Gasteiger partial charge in [-0.3, -0.25) is 9.67 Å². The molecular weight excluding hydrogens is 226 g/mol. The van der Waals surface area contributed by atoms with Crippen LogP contribution in [0.1, 0.15) is 18.7 Å². The Kier molecular flexibility index (Phi) is 3.02. The van der Waals surface area contributed by atoms with E-state index in [1.54, 1.807) is 11.3 Å². The molecule has 0 saturated heterocycles. The van der Waals surface area contributed by atoms with E-state index in [2.05, 4.69) is 36.2 Å². The average Bonchev–Trinajstić information content (AvgIpc) is 2.83. The van der Waals surface area contributed by atoms with Gasteiger partial charge in [0.1, 0.15) is 0 Å². The van der Waals surface area contributed by atoms with Crippen LogP contribution >= 0.6 is 23.6 Å². The van der Waals surface area contributed by atoms with E-state index in [4.69, 9.17) is 12.2 Å². The van der Waals surface area contributed by atoms with Crippen LogP contribution in [0.25, 0.3) is 10.7 Å². The van der Waals surface area contributed by atoms with Crippen molar-refractivity contribution >= 4 is 23.6 Å². The molecule has 0 aliphatic rings. The number of H-pyrrole nitrogens is 1. The Labute approximate surface area is 97.8 Å². The number of rotatable bonds is 3. The van der Waals surface area contributed by atoms with Gasteiger partial charge in [-0.25, -0.2) is 0 Å². The lowest BCUT2D eigenvalue weighted by Gasteiger charge is -1.99. The van der Waals surface area contributed by atoms with Gasteiger partial charge in [0.2, 0.25) is 0 Å². The lowest BCUT2D eigenvalue weighted by molar-refractivity contribution is 0.757. The molecule has 3 nitrogen and oxygen atoms in total. The molecule has 80 valence electrons. The van der Waals surface area contributed by atoms with E-state index in [0.717, 1.165) is 18.8 Å². The maximum atomic E-state index is 5.16. The monoisotopic (exact) mass is 239 g/mol. The molecule has 0 spiro atoms. The zero-order valence-electron chi connectivity index (χ0n) is 8.78. The topological polar surface area (TPSA) is 33.6 Å². The van der Waals surface area contributed by atoms with Crippen LogP contribution in [0.2, 0.25) is 0 Å². The second kappa shape index (κ2) is 4.28. The Morgan fingerprint density at radius 3 is 2.87 bits per heavy atom. The maximum Gasteiger partial charge on any atom is 0.195 e. The van der Waals surface area contributed by atoms with Crippen LogP contribution in [0.3, 0.4) is 0 Å². The smallest absolute Gasteiger partial charge is 0.195 e. The van der Waals surface area contributed by atoms with E-state index >= 15 is 0 Å². The Morgan fingerprint density at radius 1 is 1.47 bits per heavy atom. The predicted molar refractivity (Wildman–Crippen MR) is 65.8 cm³/mol. The number of nitrogens with one attached hydrogen (secondary N) is 1. The minimum atomic E-state index is 0.693. The summed E-state index contributed by atoms with van der Waals surface area (Å²) in [7, 11) is 0. The van der Waals surface area contributed by atoms with Crippen LogP contribution in [0.5, 0.6) is 0 Å². The van der Waals surface area contributed by atoms with Crippen LogP contribution in [0, 0.1) is 4.77 Å².